The van der Waals surface area contributed by atoms with E-state index in [1.165, 1.54) is 0 Å². The van der Waals surface area contributed by atoms with Gasteiger partial charge in [-0.3, -0.25) is 4.79 Å². The summed E-state index contributed by atoms with van der Waals surface area (Å²) in [4.78, 5) is 28.1. The second-order valence-corrected chi connectivity index (χ2v) is 6.15. The molecule has 0 radical (unpaired) electrons. The minimum absolute atomic E-state index is 0.110. The van der Waals surface area contributed by atoms with Crippen LogP contribution in [0, 0.1) is 6.92 Å². The standard InChI is InChI=1S/C20H26N4O3/c1-4-17(15-6-8-16(27-3)9-7-15)23-20(26)21-12-11-19(25)24-18-10-5-14(2)13-22-18/h5-10,13,17H,4,11-12H2,1-3H3,(H2,21,23,26)(H,22,24,25). The van der Waals surface area contributed by atoms with E-state index in [-0.39, 0.29) is 30.9 Å². The topological polar surface area (TPSA) is 92.4 Å². The number of anilines is 1. The van der Waals surface area contributed by atoms with E-state index < -0.39 is 0 Å². The Morgan fingerprint density at radius 2 is 1.89 bits per heavy atom. The number of carbonyl (C=O) groups is 2. The number of benzene rings is 1. The van der Waals surface area contributed by atoms with Crippen LogP contribution in [0.2, 0.25) is 0 Å². The fourth-order valence-electron chi connectivity index (χ4n) is 2.50. The van der Waals surface area contributed by atoms with Crippen LogP contribution in [0.25, 0.3) is 0 Å². The maximum atomic E-state index is 12.1. The number of nitrogens with one attached hydrogen (secondary N) is 3. The number of rotatable bonds is 8. The predicted octanol–water partition coefficient (Wildman–Crippen LogP) is 3.18. The molecule has 0 aliphatic heterocycles. The number of hydrogen-bond acceptors (Lipinski definition) is 4. The average Bonchev–Trinajstić information content (AvgIpc) is 2.68. The molecule has 0 spiro atoms. The van der Waals surface area contributed by atoms with Gasteiger partial charge in [0.1, 0.15) is 11.6 Å². The van der Waals surface area contributed by atoms with Gasteiger partial charge in [-0.05, 0) is 42.7 Å². The third kappa shape index (κ3) is 6.62. The summed E-state index contributed by atoms with van der Waals surface area (Å²) < 4.78 is 5.15. The van der Waals surface area contributed by atoms with E-state index in [1.54, 1.807) is 19.4 Å². The molecule has 7 nitrogen and oxygen atoms in total. The summed E-state index contributed by atoms with van der Waals surface area (Å²) in [6.07, 6.45) is 2.60. The van der Waals surface area contributed by atoms with E-state index in [0.717, 1.165) is 23.3 Å². The van der Waals surface area contributed by atoms with Crippen molar-refractivity contribution in [2.75, 3.05) is 19.0 Å². The molecule has 0 aliphatic rings. The third-order valence-electron chi connectivity index (χ3n) is 4.05. The van der Waals surface area contributed by atoms with Gasteiger partial charge in [0.2, 0.25) is 5.91 Å². The number of urea groups is 1. The average molecular weight is 370 g/mol. The number of hydrogen-bond donors (Lipinski definition) is 3. The lowest BCUT2D eigenvalue weighted by atomic mass is 10.0. The summed E-state index contributed by atoms with van der Waals surface area (Å²) in [5.41, 5.74) is 2.02. The number of aromatic nitrogens is 1. The fourth-order valence-corrected chi connectivity index (χ4v) is 2.50. The van der Waals surface area contributed by atoms with Gasteiger partial charge in [-0.15, -0.1) is 0 Å². The van der Waals surface area contributed by atoms with Crippen molar-refractivity contribution in [2.24, 2.45) is 0 Å². The van der Waals surface area contributed by atoms with E-state index in [9.17, 15) is 9.59 Å². The van der Waals surface area contributed by atoms with Gasteiger partial charge in [0.15, 0.2) is 0 Å². The van der Waals surface area contributed by atoms with Crippen LogP contribution in [0.1, 0.15) is 36.9 Å². The molecule has 0 saturated heterocycles. The van der Waals surface area contributed by atoms with Crippen molar-refractivity contribution in [3.05, 3.63) is 53.7 Å². The Morgan fingerprint density at radius 1 is 1.15 bits per heavy atom. The Morgan fingerprint density at radius 3 is 2.48 bits per heavy atom. The van der Waals surface area contributed by atoms with Crippen LogP contribution in [0.4, 0.5) is 10.6 Å². The normalized spacial score (nSPS) is 11.4. The number of aryl methyl sites for hydroxylation is 1. The molecule has 0 aliphatic carbocycles. The number of pyridine rings is 1. The quantitative estimate of drug-likeness (QED) is 0.665. The predicted molar refractivity (Wildman–Crippen MR) is 105 cm³/mol. The van der Waals surface area contributed by atoms with E-state index in [1.807, 2.05) is 44.2 Å². The van der Waals surface area contributed by atoms with Crippen molar-refractivity contribution in [1.29, 1.82) is 0 Å². The smallest absolute Gasteiger partial charge is 0.315 e. The van der Waals surface area contributed by atoms with Crippen LogP contribution in [0.5, 0.6) is 5.75 Å². The van der Waals surface area contributed by atoms with Gasteiger partial charge >= 0.3 is 6.03 Å². The zero-order valence-electron chi connectivity index (χ0n) is 15.9. The highest BCUT2D eigenvalue weighted by Gasteiger charge is 2.13. The summed E-state index contributed by atoms with van der Waals surface area (Å²) in [6.45, 7) is 4.16. The molecule has 7 heteroatoms. The zero-order valence-corrected chi connectivity index (χ0v) is 15.9. The van der Waals surface area contributed by atoms with Crippen molar-refractivity contribution < 1.29 is 14.3 Å². The molecule has 1 aromatic heterocycles. The zero-order chi connectivity index (χ0) is 19.6. The highest BCUT2D eigenvalue weighted by molar-refractivity contribution is 5.90. The molecule has 1 heterocycles. The van der Waals surface area contributed by atoms with E-state index >= 15 is 0 Å². The first-order valence-electron chi connectivity index (χ1n) is 8.92. The lowest BCUT2D eigenvalue weighted by Gasteiger charge is -2.18. The molecule has 144 valence electrons. The summed E-state index contributed by atoms with van der Waals surface area (Å²) in [5, 5.41) is 8.32. The third-order valence-corrected chi connectivity index (χ3v) is 4.05. The van der Waals surface area contributed by atoms with Crippen molar-refractivity contribution in [1.82, 2.24) is 15.6 Å². The van der Waals surface area contributed by atoms with Crippen molar-refractivity contribution in [3.8, 4) is 5.75 Å². The van der Waals surface area contributed by atoms with Crippen LogP contribution < -0.4 is 20.7 Å². The molecule has 1 atom stereocenters. The fraction of sp³-hybridized carbons (Fsp3) is 0.350. The van der Waals surface area contributed by atoms with E-state index in [4.69, 9.17) is 4.74 Å². The first-order chi connectivity index (χ1) is 13.0. The van der Waals surface area contributed by atoms with Gasteiger partial charge in [-0.1, -0.05) is 25.1 Å². The van der Waals surface area contributed by atoms with E-state index in [2.05, 4.69) is 20.9 Å². The summed E-state index contributed by atoms with van der Waals surface area (Å²) in [7, 11) is 1.61. The largest absolute Gasteiger partial charge is 0.497 e. The summed E-state index contributed by atoms with van der Waals surface area (Å²) in [5.74, 6) is 1.07. The van der Waals surface area contributed by atoms with Crippen LogP contribution in [-0.2, 0) is 4.79 Å². The first kappa shape index (κ1) is 20.2. The molecule has 0 saturated carbocycles. The van der Waals surface area contributed by atoms with Crippen LogP contribution in [0.3, 0.4) is 0 Å². The molecule has 3 N–H and O–H groups in total. The Bertz CT molecular complexity index is 745. The first-order valence-corrected chi connectivity index (χ1v) is 8.92. The molecule has 2 aromatic rings. The SMILES string of the molecule is CCC(NC(=O)NCCC(=O)Nc1ccc(C)cn1)c1ccc(OC)cc1. The van der Waals surface area contributed by atoms with Crippen molar-refractivity contribution in [2.45, 2.75) is 32.7 Å². The van der Waals surface area contributed by atoms with Gasteiger partial charge in [-0.2, -0.15) is 0 Å². The van der Waals surface area contributed by atoms with Gasteiger partial charge in [0.25, 0.3) is 0 Å². The number of ether oxygens (including phenoxy) is 1. The molecule has 0 bridgehead atoms. The second-order valence-electron chi connectivity index (χ2n) is 6.15. The highest BCUT2D eigenvalue weighted by atomic mass is 16.5. The number of carbonyl (C=O) groups excluding carboxylic acids is 2. The minimum atomic E-state index is -0.307. The lowest BCUT2D eigenvalue weighted by Crippen LogP contribution is -2.39. The number of nitrogens with zero attached hydrogens (tertiary/aromatic N) is 1. The maximum absolute atomic E-state index is 12.1. The monoisotopic (exact) mass is 370 g/mol. The Labute approximate surface area is 159 Å². The summed E-state index contributed by atoms with van der Waals surface area (Å²) in [6, 6.07) is 10.8. The maximum Gasteiger partial charge on any atom is 0.315 e. The van der Waals surface area contributed by atoms with E-state index in [0.29, 0.717) is 5.82 Å². The van der Waals surface area contributed by atoms with Crippen LogP contribution in [-0.4, -0.2) is 30.6 Å². The van der Waals surface area contributed by atoms with Crippen LogP contribution >= 0.6 is 0 Å². The molecular weight excluding hydrogens is 344 g/mol. The number of methoxy groups -OCH3 is 1. The van der Waals surface area contributed by atoms with Gasteiger partial charge in [0.05, 0.1) is 13.2 Å². The van der Waals surface area contributed by atoms with Crippen molar-refractivity contribution in [3.63, 3.8) is 0 Å². The highest BCUT2D eigenvalue weighted by Crippen LogP contribution is 2.19. The Balaban J connectivity index is 1.75. The van der Waals surface area contributed by atoms with Gasteiger partial charge < -0.3 is 20.7 Å². The Kier molecular flexibility index (Phi) is 7.61. The molecule has 1 unspecified atom stereocenters. The molecule has 0 fully saturated rings. The minimum Gasteiger partial charge on any atom is -0.497 e. The lowest BCUT2D eigenvalue weighted by molar-refractivity contribution is -0.116. The molecule has 3 amide bonds. The molecular formula is C20H26N4O3. The summed E-state index contributed by atoms with van der Waals surface area (Å²) >= 11 is 0. The van der Waals surface area contributed by atoms with Crippen LogP contribution in [0.15, 0.2) is 42.6 Å². The Hall–Kier alpha value is -3.09. The second kappa shape index (κ2) is 10.2. The van der Waals surface area contributed by atoms with Crippen molar-refractivity contribution >= 4 is 17.8 Å². The number of amides is 3. The van der Waals surface area contributed by atoms with Gasteiger partial charge in [0, 0.05) is 19.2 Å². The molecule has 2 rings (SSSR count). The van der Waals surface area contributed by atoms with Gasteiger partial charge in [-0.25, -0.2) is 9.78 Å². The molecule has 27 heavy (non-hydrogen) atoms. The molecule has 1 aromatic carbocycles.